The first-order chi connectivity index (χ1) is 9.88. The van der Waals surface area contributed by atoms with Gasteiger partial charge in [-0.05, 0) is 30.7 Å². The first-order valence-electron chi connectivity index (χ1n) is 6.27. The maximum absolute atomic E-state index is 12.1. The van der Waals surface area contributed by atoms with Gasteiger partial charge < -0.3 is 5.11 Å². The van der Waals surface area contributed by atoms with Gasteiger partial charge in [-0.1, -0.05) is 35.9 Å². The molecule has 0 atom stereocenters. The van der Waals surface area contributed by atoms with Crippen LogP contribution in [0.4, 0.5) is 0 Å². The number of rotatable bonds is 5. The molecule has 0 bridgehead atoms. The van der Waals surface area contributed by atoms with Crippen LogP contribution in [0.2, 0.25) is 0 Å². The fourth-order valence-electron chi connectivity index (χ4n) is 1.76. The van der Waals surface area contributed by atoms with Crippen LogP contribution in [0, 0.1) is 6.92 Å². The third-order valence-electron chi connectivity index (χ3n) is 2.98. The third kappa shape index (κ3) is 3.90. The smallest absolute Gasteiger partial charge is 0.335 e. The molecule has 5 nitrogen and oxygen atoms in total. The lowest BCUT2D eigenvalue weighted by Gasteiger charge is -2.08. The lowest BCUT2D eigenvalue weighted by Crippen LogP contribution is -2.23. The Bertz CT molecular complexity index is 751. The molecule has 0 fully saturated rings. The van der Waals surface area contributed by atoms with Gasteiger partial charge in [-0.2, -0.15) is 0 Å². The second-order valence-corrected chi connectivity index (χ2v) is 6.41. The maximum atomic E-state index is 12.1. The summed E-state index contributed by atoms with van der Waals surface area (Å²) in [7, 11) is -3.74. The molecule has 2 aromatic carbocycles. The van der Waals surface area contributed by atoms with Crippen molar-refractivity contribution >= 4 is 16.0 Å². The fourth-order valence-corrected chi connectivity index (χ4v) is 2.83. The lowest BCUT2D eigenvalue weighted by molar-refractivity contribution is 0.0696. The molecule has 0 aliphatic rings. The predicted octanol–water partition coefficient (Wildman–Crippen LogP) is 2.17. The molecule has 0 unspecified atom stereocenters. The van der Waals surface area contributed by atoms with E-state index in [1.807, 2.05) is 31.2 Å². The Labute approximate surface area is 123 Å². The maximum Gasteiger partial charge on any atom is 0.335 e. The van der Waals surface area contributed by atoms with E-state index in [0.29, 0.717) is 0 Å². The van der Waals surface area contributed by atoms with Crippen molar-refractivity contribution in [1.82, 2.24) is 4.72 Å². The molecule has 0 aromatic heterocycles. The van der Waals surface area contributed by atoms with E-state index in [0.717, 1.165) is 17.2 Å². The molecule has 0 spiro atoms. The number of nitrogens with one attached hydrogen (secondary N) is 1. The molecule has 110 valence electrons. The highest BCUT2D eigenvalue weighted by atomic mass is 32.2. The Hall–Kier alpha value is -2.18. The number of carboxylic acid groups (broad SMARTS) is 1. The van der Waals surface area contributed by atoms with E-state index in [4.69, 9.17) is 5.11 Å². The van der Waals surface area contributed by atoms with Gasteiger partial charge in [0.05, 0.1) is 10.5 Å². The standard InChI is InChI=1S/C15H15NO4S/c1-11-5-7-12(8-6-11)10-16-21(19,20)14-4-2-3-13(9-14)15(17)18/h2-9,16H,10H2,1H3,(H,17,18). The average molecular weight is 305 g/mol. The van der Waals surface area contributed by atoms with Crippen LogP contribution in [0.5, 0.6) is 0 Å². The van der Waals surface area contributed by atoms with Gasteiger partial charge in [0.1, 0.15) is 0 Å². The van der Waals surface area contributed by atoms with Crippen LogP contribution in [-0.4, -0.2) is 19.5 Å². The number of aryl methyl sites for hydroxylation is 1. The topological polar surface area (TPSA) is 83.5 Å². The van der Waals surface area contributed by atoms with Crippen molar-refractivity contribution in [2.75, 3.05) is 0 Å². The third-order valence-corrected chi connectivity index (χ3v) is 4.38. The zero-order chi connectivity index (χ0) is 15.5. The van der Waals surface area contributed by atoms with E-state index >= 15 is 0 Å². The zero-order valence-corrected chi connectivity index (χ0v) is 12.2. The minimum atomic E-state index is -3.74. The first kappa shape index (κ1) is 15.2. The molecular formula is C15H15NO4S. The van der Waals surface area contributed by atoms with Crippen LogP contribution in [0.3, 0.4) is 0 Å². The van der Waals surface area contributed by atoms with Crippen LogP contribution in [0.25, 0.3) is 0 Å². The molecule has 0 amide bonds. The molecule has 2 aromatic rings. The number of carboxylic acids is 1. The van der Waals surface area contributed by atoms with Crippen molar-refractivity contribution in [1.29, 1.82) is 0 Å². The number of sulfonamides is 1. The van der Waals surface area contributed by atoms with Crippen molar-refractivity contribution < 1.29 is 18.3 Å². The van der Waals surface area contributed by atoms with E-state index in [1.54, 1.807) is 0 Å². The number of benzene rings is 2. The minimum Gasteiger partial charge on any atom is -0.478 e. The Morgan fingerprint density at radius 3 is 2.43 bits per heavy atom. The predicted molar refractivity (Wildman–Crippen MR) is 78.6 cm³/mol. The Morgan fingerprint density at radius 1 is 1.14 bits per heavy atom. The first-order valence-corrected chi connectivity index (χ1v) is 7.75. The van der Waals surface area contributed by atoms with Crippen LogP contribution in [0.15, 0.2) is 53.4 Å². The summed E-state index contributed by atoms with van der Waals surface area (Å²) >= 11 is 0. The molecule has 2 N–H and O–H groups in total. The Morgan fingerprint density at radius 2 is 1.81 bits per heavy atom. The van der Waals surface area contributed by atoms with Gasteiger partial charge in [0.15, 0.2) is 0 Å². The van der Waals surface area contributed by atoms with Gasteiger partial charge in [0, 0.05) is 6.54 Å². The van der Waals surface area contributed by atoms with Gasteiger partial charge in [-0.25, -0.2) is 17.9 Å². The molecule has 0 saturated heterocycles. The van der Waals surface area contributed by atoms with Crippen LogP contribution in [-0.2, 0) is 16.6 Å². The molecule has 2 rings (SSSR count). The van der Waals surface area contributed by atoms with Crippen LogP contribution in [0.1, 0.15) is 21.5 Å². The van der Waals surface area contributed by atoms with Gasteiger partial charge in [-0.15, -0.1) is 0 Å². The normalized spacial score (nSPS) is 11.3. The summed E-state index contributed by atoms with van der Waals surface area (Å²) in [5, 5.41) is 8.89. The number of carbonyl (C=O) groups is 1. The zero-order valence-electron chi connectivity index (χ0n) is 11.4. The highest BCUT2D eigenvalue weighted by Crippen LogP contribution is 2.12. The summed E-state index contributed by atoms with van der Waals surface area (Å²) in [6.45, 7) is 2.10. The molecule has 0 heterocycles. The van der Waals surface area contributed by atoms with E-state index in [2.05, 4.69) is 4.72 Å². The van der Waals surface area contributed by atoms with E-state index < -0.39 is 16.0 Å². The van der Waals surface area contributed by atoms with Crippen LogP contribution < -0.4 is 4.72 Å². The van der Waals surface area contributed by atoms with E-state index in [-0.39, 0.29) is 17.0 Å². The van der Waals surface area contributed by atoms with Gasteiger partial charge in [0.25, 0.3) is 0 Å². The molecule has 0 radical (unpaired) electrons. The lowest BCUT2D eigenvalue weighted by atomic mass is 10.2. The number of hydrogen-bond acceptors (Lipinski definition) is 3. The molecule has 6 heteroatoms. The highest BCUT2D eigenvalue weighted by molar-refractivity contribution is 7.89. The average Bonchev–Trinajstić information content (AvgIpc) is 2.47. The van der Waals surface area contributed by atoms with Crippen molar-refractivity contribution in [3.63, 3.8) is 0 Å². The summed E-state index contributed by atoms with van der Waals surface area (Å²) in [5.41, 5.74) is 1.86. The highest BCUT2D eigenvalue weighted by Gasteiger charge is 2.15. The molecule has 0 saturated carbocycles. The summed E-state index contributed by atoms with van der Waals surface area (Å²) < 4.78 is 26.7. The number of hydrogen-bond donors (Lipinski definition) is 2. The Balaban J connectivity index is 2.16. The van der Waals surface area contributed by atoms with E-state index in [9.17, 15) is 13.2 Å². The molecule has 0 aliphatic carbocycles. The quantitative estimate of drug-likeness (QED) is 0.887. The molecule has 0 aliphatic heterocycles. The molecular weight excluding hydrogens is 290 g/mol. The summed E-state index contributed by atoms with van der Waals surface area (Å²) in [4.78, 5) is 10.8. The van der Waals surface area contributed by atoms with Gasteiger partial charge in [0.2, 0.25) is 10.0 Å². The largest absolute Gasteiger partial charge is 0.478 e. The summed E-state index contributed by atoms with van der Waals surface area (Å²) in [5.74, 6) is -1.16. The van der Waals surface area contributed by atoms with Crippen molar-refractivity contribution in [3.05, 3.63) is 65.2 Å². The summed E-state index contributed by atoms with van der Waals surface area (Å²) in [6.07, 6.45) is 0. The van der Waals surface area contributed by atoms with Crippen molar-refractivity contribution in [2.45, 2.75) is 18.4 Å². The fraction of sp³-hybridized carbons (Fsp3) is 0.133. The second-order valence-electron chi connectivity index (χ2n) is 4.64. The minimum absolute atomic E-state index is 0.0606. The van der Waals surface area contributed by atoms with Gasteiger partial charge >= 0.3 is 5.97 Å². The van der Waals surface area contributed by atoms with Gasteiger partial charge in [-0.3, -0.25) is 0 Å². The molecule has 21 heavy (non-hydrogen) atoms. The van der Waals surface area contributed by atoms with Crippen LogP contribution >= 0.6 is 0 Å². The SMILES string of the molecule is Cc1ccc(CNS(=O)(=O)c2cccc(C(=O)O)c2)cc1. The van der Waals surface area contributed by atoms with E-state index in [1.165, 1.54) is 18.2 Å². The summed E-state index contributed by atoms with van der Waals surface area (Å²) in [6, 6.07) is 12.7. The second kappa shape index (κ2) is 6.07. The van der Waals surface area contributed by atoms with Crippen molar-refractivity contribution in [3.8, 4) is 0 Å². The number of aromatic carboxylic acids is 1. The van der Waals surface area contributed by atoms with Crippen molar-refractivity contribution in [2.24, 2.45) is 0 Å². The monoisotopic (exact) mass is 305 g/mol. The Kier molecular flexibility index (Phi) is 4.40.